The molecule has 0 atom stereocenters. The first kappa shape index (κ1) is 36.3. The molecule has 0 aliphatic carbocycles. The van der Waals surface area contributed by atoms with E-state index in [-0.39, 0.29) is 5.97 Å². The predicted molar refractivity (Wildman–Crippen MR) is 175 cm³/mol. The van der Waals surface area contributed by atoms with Crippen molar-refractivity contribution in [2.45, 2.75) is 142 Å². The minimum atomic E-state index is -0.0762. The molecule has 0 aromatic heterocycles. The summed E-state index contributed by atoms with van der Waals surface area (Å²) < 4.78 is 11.2. The Morgan fingerprint density at radius 1 is 0.675 bits per heavy atom. The van der Waals surface area contributed by atoms with E-state index in [9.17, 15) is 4.79 Å². The first-order valence-electron chi connectivity index (χ1n) is 16.5. The number of benzene rings is 1. The molecule has 0 amide bonds. The summed E-state index contributed by atoms with van der Waals surface area (Å²) in [6.07, 6.45) is 24.0. The normalized spacial score (nSPS) is 10.9. The van der Waals surface area contributed by atoms with Gasteiger partial charge in [0.05, 0.1) is 25.5 Å². The van der Waals surface area contributed by atoms with E-state index in [0.29, 0.717) is 25.3 Å². The number of hydrogen-bond donors (Lipinski definition) is 2. The molecule has 0 fully saturated rings. The van der Waals surface area contributed by atoms with Gasteiger partial charge in [-0.3, -0.25) is 10.2 Å². The summed E-state index contributed by atoms with van der Waals surface area (Å²) in [4.78, 5) is 11.9. The van der Waals surface area contributed by atoms with Crippen LogP contribution in [-0.4, -0.2) is 36.5 Å². The van der Waals surface area contributed by atoms with Crippen molar-refractivity contribution in [3.8, 4) is 5.75 Å². The lowest BCUT2D eigenvalue weighted by molar-refractivity contribution is -0.143. The van der Waals surface area contributed by atoms with E-state index in [1.54, 1.807) is 11.8 Å². The number of hydrogen-bond acceptors (Lipinski definition) is 5. The van der Waals surface area contributed by atoms with E-state index in [1.165, 1.54) is 89.9 Å². The number of anilines is 1. The third-order valence-electron chi connectivity index (χ3n) is 7.09. The highest BCUT2D eigenvalue weighted by Gasteiger charge is 2.04. The van der Waals surface area contributed by atoms with Gasteiger partial charge in [0.1, 0.15) is 5.75 Å². The second-order valence-corrected chi connectivity index (χ2v) is 12.2. The molecule has 0 spiro atoms. The molecule has 0 saturated carbocycles. The molecule has 0 unspecified atom stereocenters. The molecular weight excluding hydrogens is 516 g/mol. The van der Waals surface area contributed by atoms with Crippen molar-refractivity contribution in [1.29, 1.82) is 5.41 Å². The standard InChI is InChI=1S/C34H60N2O3S/c1-3-5-7-9-11-12-13-15-17-19-28-39-34(37)26-30-40-29-20-21-33(35)36-31-22-24-32(25-23-31)38-27-18-16-14-10-8-6-4-2/h22-25H,3-21,26-30H2,1-2H3,(H2,35,36). The highest BCUT2D eigenvalue weighted by atomic mass is 32.2. The summed E-state index contributed by atoms with van der Waals surface area (Å²) in [5, 5.41) is 11.4. The molecule has 40 heavy (non-hydrogen) atoms. The first-order valence-corrected chi connectivity index (χ1v) is 17.6. The Kier molecular flexibility index (Phi) is 25.0. The van der Waals surface area contributed by atoms with Crippen LogP contribution >= 0.6 is 11.8 Å². The van der Waals surface area contributed by atoms with Gasteiger partial charge in [-0.15, -0.1) is 0 Å². The number of esters is 1. The smallest absolute Gasteiger partial charge is 0.306 e. The van der Waals surface area contributed by atoms with Gasteiger partial charge in [0, 0.05) is 17.9 Å². The summed E-state index contributed by atoms with van der Waals surface area (Å²) in [5.74, 6) is 3.07. The van der Waals surface area contributed by atoms with Gasteiger partial charge in [0.2, 0.25) is 0 Å². The van der Waals surface area contributed by atoms with Crippen LogP contribution in [0.1, 0.15) is 142 Å². The number of carbonyl (C=O) groups excluding carboxylic acids is 1. The molecular formula is C34H60N2O3S. The fraction of sp³-hybridized carbons (Fsp3) is 0.765. The van der Waals surface area contributed by atoms with Crippen molar-refractivity contribution in [3.63, 3.8) is 0 Å². The molecule has 1 aromatic carbocycles. The maximum absolute atomic E-state index is 11.9. The number of thioether (sulfide) groups is 1. The van der Waals surface area contributed by atoms with Crippen LogP contribution in [0.15, 0.2) is 24.3 Å². The Labute approximate surface area is 250 Å². The van der Waals surface area contributed by atoms with Crippen molar-refractivity contribution >= 4 is 29.3 Å². The Hall–Kier alpha value is -1.69. The number of ether oxygens (including phenoxy) is 2. The van der Waals surface area contributed by atoms with E-state index in [2.05, 4.69) is 19.2 Å². The molecule has 0 saturated heterocycles. The van der Waals surface area contributed by atoms with Crippen LogP contribution in [0.5, 0.6) is 5.75 Å². The van der Waals surface area contributed by atoms with Gasteiger partial charge in [-0.25, -0.2) is 0 Å². The van der Waals surface area contributed by atoms with Gasteiger partial charge in [0.15, 0.2) is 0 Å². The molecule has 1 rings (SSSR count). The van der Waals surface area contributed by atoms with Crippen molar-refractivity contribution in [3.05, 3.63) is 24.3 Å². The monoisotopic (exact) mass is 576 g/mol. The molecule has 5 nitrogen and oxygen atoms in total. The minimum absolute atomic E-state index is 0.0762. The van der Waals surface area contributed by atoms with Crippen molar-refractivity contribution in [2.75, 3.05) is 30.0 Å². The van der Waals surface area contributed by atoms with Crippen LogP contribution in [0.4, 0.5) is 5.69 Å². The SMILES string of the molecule is CCCCCCCCCCCCOC(=O)CCSCCCC(=N)Nc1ccc(OCCCCCCCCC)cc1. The van der Waals surface area contributed by atoms with Crippen LogP contribution in [0.2, 0.25) is 0 Å². The summed E-state index contributed by atoms with van der Waals surface area (Å²) in [7, 11) is 0. The molecule has 2 N–H and O–H groups in total. The number of rotatable bonds is 28. The quantitative estimate of drug-likeness (QED) is 0.0449. The minimum Gasteiger partial charge on any atom is -0.494 e. The van der Waals surface area contributed by atoms with Gasteiger partial charge in [-0.2, -0.15) is 11.8 Å². The van der Waals surface area contributed by atoms with Gasteiger partial charge >= 0.3 is 5.97 Å². The average Bonchev–Trinajstić information content (AvgIpc) is 2.96. The fourth-order valence-corrected chi connectivity index (χ4v) is 5.44. The van der Waals surface area contributed by atoms with Crippen molar-refractivity contribution in [1.82, 2.24) is 0 Å². The zero-order valence-corrected chi connectivity index (χ0v) is 26.7. The Morgan fingerprint density at radius 2 is 1.20 bits per heavy atom. The summed E-state index contributed by atoms with van der Waals surface area (Å²) >= 11 is 1.77. The number of amidine groups is 1. The second-order valence-electron chi connectivity index (χ2n) is 11.0. The Morgan fingerprint density at radius 3 is 1.77 bits per heavy atom. The maximum Gasteiger partial charge on any atom is 0.306 e. The lowest BCUT2D eigenvalue weighted by atomic mass is 10.1. The largest absolute Gasteiger partial charge is 0.494 e. The molecule has 0 aliphatic heterocycles. The molecule has 0 heterocycles. The van der Waals surface area contributed by atoms with E-state index in [0.717, 1.165) is 55.2 Å². The van der Waals surface area contributed by atoms with E-state index < -0.39 is 0 Å². The van der Waals surface area contributed by atoms with Crippen LogP contribution in [-0.2, 0) is 9.53 Å². The Bertz CT molecular complexity index is 726. The van der Waals surface area contributed by atoms with Crippen LogP contribution in [0.3, 0.4) is 0 Å². The van der Waals surface area contributed by atoms with Crippen LogP contribution in [0.25, 0.3) is 0 Å². The van der Waals surface area contributed by atoms with Gasteiger partial charge in [-0.05, 0) is 49.3 Å². The number of unbranched alkanes of at least 4 members (excludes halogenated alkanes) is 15. The van der Waals surface area contributed by atoms with E-state index >= 15 is 0 Å². The van der Waals surface area contributed by atoms with E-state index in [1.807, 2.05) is 24.3 Å². The average molecular weight is 577 g/mol. The molecule has 230 valence electrons. The van der Waals surface area contributed by atoms with Crippen molar-refractivity contribution in [2.24, 2.45) is 0 Å². The lowest BCUT2D eigenvalue weighted by Gasteiger charge is -2.10. The topological polar surface area (TPSA) is 71.4 Å². The highest BCUT2D eigenvalue weighted by molar-refractivity contribution is 7.99. The first-order chi connectivity index (χ1) is 19.7. The lowest BCUT2D eigenvalue weighted by Crippen LogP contribution is -2.11. The van der Waals surface area contributed by atoms with Crippen LogP contribution in [0, 0.1) is 5.41 Å². The molecule has 0 aliphatic rings. The maximum atomic E-state index is 11.9. The molecule has 1 aromatic rings. The van der Waals surface area contributed by atoms with Gasteiger partial charge < -0.3 is 14.8 Å². The zero-order chi connectivity index (χ0) is 28.9. The molecule has 0 bridgehead atoms. The van der Waals surface area contributed by atoms with Gasteiger partial charge in [-0.1, -0.05) is 110 Å². The molecule has 0 radical (unpaired) electrons. The van der Waals surface area contributed by atoms with Gasteiger partial charge in [0.25, 0.3) is 0 Å². The third kappa shape index (κ3) is 23.1. The molecule has 6 heteroatoms. The zero-order valence-electron chi connectivity index (χ0n) is 25.9. The summed E-state index contributed by atoms with van der Waals surface area (Å²) in [5.41, 5.74) is 0.922. The Balaban J connectivity index is 1.93. The fourth-order valence-electron chi connectivity index (χ4n) is 4.58. The van der Waals surface area contributed by atoms with Crippen molar-refractivity contribution < 1.29 is 14.3 Å². The number of carbonyl (C=O) groups is 1. The highest BCUT2D eigenvalue weighted by Crippen LogP contribution is 2.17. The third-order valence-corrected chi connectivity index (χ3v) is 8.16. The number of nitrogens with one attached hydrogen (secondary N) is 2. The predicted octanol–water partition coefficient (Wildman–Crippen LogP) is 10.6. The second kappa shape index (κ2) is 27.5. The van der Waals surface area contributed by atoms with E-state index in [4.69, 9.17) is 14.9 Å². The van der Waals surface area contributed by atoms with Crippen LogP contribution < -0.4 is 10.1 Å². The summed E-state index contributed by atoms with van der Waals surface area (Å²) in [6.45, 7) is 5.84. The summed E-state index contributed by atoms with van der Waals surface area (Å²) in [6, 6.07) is 7.90.